The molecule has 0 aliphatic carbocycles. The molecule has 0 heterocycles. The molecule has 0 saturated carbocycles. The molecular weight excluding hydrogens is 326 g/mol. The van der Waals surface area contributed by atoms with E-state index in [1.165, 1.54) is 16.2 Å². The molecule has 1 amide bonds. The molecule has 0 radical (unpaired) electrons. The Bertz CT molecular complexity index is 1060. The first-order valence-corrected chi connectivity index (χ1v) is 9.17. The summed E-state index contributed by atoms with van der Waals surface area (Å²) in [4.78, 5) is 13.4. The van der Waals surface area contributed by atoms with E-state index >= 15 is 0 Å². The Labute approximate surface area is 150 Å². The number of benzene rings is 4. The minimum atomic E-state index is 0.00781. The van der Waals surface area contributed by atoms with Crippen LogP contribution in [0.15, 0.2) is 89.8 Å². The average molecular weight is 343 g/mol. The number of thioether (sulfide) groups is 1. The van der Waals surface area contributed by atoms with Gasteiger partial charge in [0.15, 0.2) is 0 Å². The summed E-state index contributed by atoms with van der Waals surface area (Å²) in [6.07, 6.45) is 0. The van der Waals surface area contributed by atoms with Gasteiger partial charge >= 0.3 is 0 Å². The molecule has 0 aliphatic rings. The Morgan fingerprint density at radius 1 is 0.720 bits per heavy atom. The van der Waals surface area contributed by atoms with Gasteiger partial charge in [-0.3, -0.25) is 4.79 Å². The van der Waals surface area contributed by atoms with Crippen molar-refractivity contribution in [1.82, 2.24) is 0 Å². The lowest BCUT2D eigenvalue weighted by molar-refractivity contribution is -0.113. The molecule has 0 atom stereocenters. The highest BCUT2D eigenvalue weighted by atomic mass is 32.2. The van der Waals surface area contributed by atoms with E-state index in [9.17, 15) is 4.79 Å². The fraction of sp³-hybridized carbons (Fsp3) is 0.0455. The van der Waals surface area contributed by atoms with Crippen LogP contribution in [0.3, 0.4) is 0 Å². The van der Waals surface area contributed by atoms with Crippen molar-refractivity contribution in [3.63, 3.8) is 0 Å². The predicted octanol–water partition coefficient (Wildman–Crippen LogP) is 5.72. The Hall–Kier alpha value is -2.78. The lowest BCUT2D eigenvalue weighted by Crippen LogP contribution is -2.13. The Morgan fingerprint density at radius 2 is 1.32 bits per heavy atom. The molecule has 25 heavy (non-hydrogen) atoms. The molecule has 4 aromatic carbocycles. The van der Waals surface area contributed by atoms with Gasteiger partial charge in [0.25, 0.3) is 0 Å². The highest BCUT2D eigenvalue weighted by Crippen LogP contribution is 2.24. The third-order valence-corrected chi connectivity index (χ3v) is 5.12. The van der Waals surface area contributed by atoms with Gasteiger partial charge in [-0.05, 0) is 45.8 Å². The molecule has 122 valence electrons. The van der Waals surface area contributed by atoms with Crippen LogP contribution in [0.2, 0.25) is 0 Å². The zero-order chi connectivity index (χ0) is 17.1. The molecule has 0 aliphatic heterocycles. The summed E-state index contributed by atoms with van der Waals surface area (Å²) in [6.45, 7) is 0. The summed E-state index contributed by atoms with van der Waals surface area (Å²) in [5, 5.41) is 7.69. The minimum Gasteiger partial charge on any atom is -0.325 e. The van der Waals surface area contributed by atoms with Gasteiger partial charge in [0.2, 0.25) is 5.91 Å². The number of hydrogen-bond donors (Lipinski definition) is 1. The molecule has 0 spiro atoms. The number of carbonyl (C=O) groups is 1. The third-order valence-electron chi connectivity index (χ3n) is 4.12. The van der Waals surface area contributed by atoms with Crippen LogP contribution in [-0.4, -0.2) is 11.7 Å². The zero-order valence-electron chi connectivity index (χ0n) is 13.6. The van der Waals surface area contributed by atoms with E-state index in [4.69, 9.17) is 0 Å². The molecule has 0 unspecified atom stereocenters. The van der Waals surface area contributed by atoms with E-state index in [-0.39, 0.29) is 5.91 Å². The highest BCUT2D eigenvalue weighted by Gasteiger charge is 2.05. The van der Waals surface area contributed by atoms with Gasteiger partial charge in [-0.15, -0.1) is 11.8 Å². The summed E-state index contributed by atoms with van der Waals surface area (Å²) in [7, 11) is 0. The number of anilines is 1. The van der Waals surface area contributed by atoms with Gasteiger partial charge in [-0.25, -0.2) is 0 Å². The largest absolute Gasteiger partial charge is 0.325 e. The monoisotopic (exact) mass is 343 g/mol. The topological polar surface area (TPSA) is 29.1 Å². The zero-order valence-corrected chi connectivity index (χ0v) is 14.4. The summed E-state index contributed by atoms with van der Waals surface area (Å²) >= 11 is 1.55. The van der Waals surface area contributed by atoms with E-state index in [0.29, 0.717) is 5.75 Å². The molecule has 2 nitrogen and oxygen atoms in total. The molecule has 3 heteroatoms. The quantitative estimate of drug-likeness (QED) is 0.480. The van der Waals surface area contributed by atoms with E-state index in [0.717, 1.165) is 16.0 Å². The number of amides is 1. The van der Waals surface area contributed by atoms with Crippen molar-refractivity contribution in [1.29, 1.82) is 0 Å². The molecule has 0 saturated heterocycles. The van der Waals surface area contributed by atoms with Crippen molar-refractivity contribution in [2.45, 2.75) is 4.90 Å². The van der Waals surface area contributed by atoms with E-state index in [1.54, 1.807) is 11.8 Å². The van der Waals surface area contributed by atoms with Crippen molar-refractivity contribution >= 4 is 44.9 Å². The molecule has 0 aromatic heterocycles. The SMILES string of the molecule is O=C(CSc1ccc2ccccc2c1)Nc1ccc2ccccc2c1. The van der Waals surface area contributed by atoms with Crippen LogP contribution in [0.5, 0.6) is 0 Å². The van der Waals surface area contributed by atoms with Crippen molar-refractivity contribution < 1.29 is 4.79 Å². The number of carbonyl (C=O) groups excluding carboxylic acids is 1. The maximum Gasteiger partial charge on any atom is 0.234 e. The van der Waals surface area contributed by atoms with E-state index in [2.05, 4.69) is 47.8 Å². The van der Waals surface area contributed by atoms with Gasteiger partial charge < -0.3 is 5.32 Å². The Morgan fingerprint density at radius 3 is 2.04 bits per heavy atom. The molecule has 1 N–H and O–H groups in total. The van der Waals surface area contributed by atoms with Gasteiger partial charge in [0.05, 0.1) is 5.75 Å². The number of fused-ring (bicyclic) bond motifs is 2. The van der Waals surface area contributed by atoms with Gasteiger partial charge in [-0.2, -0.15) is 0 Å². The predicted molar refractivity (Wildman–Crippen MR) is 107 cm³/mol. The van der Waals surface area contributed by atoms with Crippen LogP contribution in [0.25, 0.3) is 21.5 Å². The summed E-state index contributed by atoms with van der Waals surface area (Å²) in [5.41, 5.74) is 0.836. The first kappa shape index (κ1) is 15.7. The van der Waals surface area contributed by atoms with E-state index < -0.39 is 0 Å². The molecular formula is C22H17NOS. The molecule has 0 bridgehead atoms. The lowest BCUT2D eigenvalue weighted by Gasteiger charge is -2.07. The van der Waals surface area contributed by atoms with Gasteiger partial charge in [0, 0.05) is 10.6 Å². The lowest BCUT2D eigenvalue weighted by atomic mass is 10.1. The average Bonchev–Trinajstić information content (AvgIpc) is 2.66. The smallest absolute Gasteiger partial charge is 0.234 e. The standard InChI is InChI=1S/C22H17NOS/c24-22(23-20-11-9-16-5-1-3-7-18(16)13-20)15-25-21-12-10-17-6-2-4-8-19(17)14-21/h1-14H,15H2,(H,23,24). The fourth-order valence-electron chi connectivity index (χ4n) is 2.87. The Kier molecular flexibility index (Phi) is 4.40. The number of hydrogen-bond acceptors (Lipinski definition) is 2. The second kappa shape index (κ2) is 6.99. The maximum absolute atomic E-state index is 12.3. The maximum atomic E-state index is 12.3. The van der Waals surface area contributed by atoms with Crippen molar-refractivity contribution in [2.75, 3.05) is 11.1 Å². The van der Waals surface area contributed by atoms with Crippen LogP contribution in [0.1, 0.15) is 0 Å². The minimum absolute atomic E-state index is 0.00781. The molecule has 4 rings (SSSR count). The van der Waals surface area contributed by atoms with Crippen LogP contribution in [0.4, 0.5) is 5.69 Å². The number of rotatable bonds is 4. The van der Waals surface area contributed by atoms with E-state index in [1.807, 2.05) is 42.5 Å². The van der Waals surface area contributed by atoms with Crippen molar-refractivity contribution in [3.05, 3.63) is 84.9 Å². The van der Waals surface area contributed by atoms with Gasteiger partial charge in [0.1, 0.15) is 0 Å². The first-order valence-electron chi connectivity index (χ1n) is 8.18. The highest BCUT2D eigenvalue weighted by molar-refractivity contribution is 8.00. The second-order valence-corrected chi connectivity index (χ2v) is 6.96. The number of nitrogens with one attached hydrogen (secondary N) is 1. The molecule has 4 aromatic rings. The van der Waals surface area contributed by atoms with Crippen LogP contribution in [0, 0.1) is 0 Å². The van der Waals surface area contributed by atoms with Crippen molar-refractivity contribution in [2.24, 2.45) is 0 Å². The third kappa shape index (κ3) is 3.67. The summed E-state index contributed by atoms with van der Waals surface area (Å²) < 4.78 is 0. The first-order chi connectivity index (χ1) is 12.3. The van der Waals surface area contributed by atoms with Gasteiger partial charge in [-0.1, -0.05) is 60.7 Å². The normalized spacial score (nSPS) is 10.9. The Balaban J connectivity index is 1.42. The van der Waals surface area contributed by atoms with Crippen LogP contribution in [-0.2, 0) is 4.79 Å². The van der Waals surface area contributed by atoms with Crippen molar-refractivity contribution in [3.8, 4) is 0 Å². The fourth-order valence-corrected chi connectivity index (χ4v) is 3.61. The van der Waals surface area contributed by atoms with Crippen LogP contribution < -0.4 is 5.32 Å². The second-order valence-electron chi connectivity index (χ2n) is 5.91. The molecule has 0 fully saturated rings. The summed E-state index contributed by atoms with van der Waals surface area (Å²) in [5.74, 6) is 0.402. The van der Waals surface area contributed by atoms with Crippen LogP contribution >= 0.6 is 11.8 Å². The summed E-state index contributed by atoms with van der Waals surface area (Å²) in [6, 6.07) is 28.7.